The molecule has 0 radical (unpaired) electrons. The SMILES string of the molecule is CN=C(NCCOc1cccc(NC(C)=O)c1)NCC(C)C. The van der Waals surface area contributed by atoms with E-state index in [2.05, 4.69) is 34.8 Å². The monoisotopic (exact) mass is 306 g/mol. The molecule has 0 atom stereocenters. The quantitative estimate of drug-likeness (QED) is 0.408. The van der Waals surface area contributed by atoms with Gasteiger partial charge >= 0.3 is 0 Å². The second-order valence-electron chi connectivity index (χ2n) is 5.33. The van der Waals surface area contributed by atoms with Crippen LogP contribution in [-0.2, 0) is 4.79 Å². The lowest BCUT2D eigenvalue weighted by Gasteiger charge is -2.14. The number of hydrogen-bond donors (Lipinski definition) is 3. The van der Waals surface area contributed by atoms with E-state index >= 15 is 0 Å². The Balaban J connectivity index is 2.33. The van der Waals surface area contributed by atoms with E-state index in [-0.39, 0.29) is 5.91 Å². The number of ether oxygens (including phenoxy) is 1. The summed E-state index contributed by atoms with van der Waals surface area (Å²) in [5.41, 5.74) is 0.729. The van der Waals surface area contributed by atoms with Crippen molar-refractivity contribution in [3.8, 4) is 5.75 Å². The fraction of sp³-hybridized carbons (Fsp3) is 0.500. The average molecular weight is 306 g/mol. The summed E-state index contributed by atoms with van der Waals surface area (Å²) >= 11 is 0. The van der Waals surface area contributed by atoms with E-state index in [0.717, 1.165) is 23.9 Å². The van der Waals surface area contributed by atoms with Crippen molar-refractivity contribution in [1.29, 1.82) is 0 Å². The molecular formula is C16H26N4O2. The van der Waals surface area contributed by atoms with Crippen LogP contribution >= 0.6 is 0 Å². The van der Waals surface area contributed by atoms with Crippen molar-refractivity contribution < 1.29 is 9.53 Å². The van der Waals surface area contributed by atoms with Gasteiger partial charge in [-0.2, -0.15) is 0 Å². The van der Waals surface area contributed by atoms with Gasteiger partial charge in [0.15, 0.2) is 5.96 Å². The number of carbonyl (C=O) groups excluding carboxylic acids is 1. The zero-order valence-corrected chi connectivity index (χ0v) is 13.8. The van der Waals surface area contributed by atoms with Gasteiger partial charge in [-0.15, -0.1) is 0 Å². The first-order valence-corrected chi connectivity index (χ1v) is 7.46. The lowest BCUT2D eigenvalue weighted by Crippen LogP contribution is -2.40. The smallest absolute Gasteiger partial charge is 0.221 e. The summed E-state index contributed by atoms with van der Waals surface area (Å²) in [4.78, 5) is 15.2. The summed E-state index contributed by atoms with van der Waals surface area (Å²) in [5, 5.41) is 9.15. The van der Waals surface area contributed by atoms with E-state index in [9.17, 15) is 4.79 Å². The van der Waals surface area contributed by atoms with Crippen LogP contribution in [0.15, 0.2) is 29.3 Å². The number of carbonyl (C=O) groups is 1. The predicted molar refractivity (Wildman–Crippen MR) is 90.4 cm³/mol. The second-order valence-corrected chi connectivity index (χ2v) is 5.33. The number of nitrogens with zero attached hydrogens (tertiary/aromatic N) is 1. The second kappa shape index (κ2) is 9.65. The third kappa shape index (κ3) is 7.52. The predicted octanol–water partition coefficient (Wildman–Crippen LogP) is 1.84. The van der Waals surface area contributed by atoms with Crippen molar-refractivity contribution >= 4 is 17.6 Å². The minimum absolute atomic E-state index is 0.0983. The molecule has 1 amide bonds. The summed E-state index contributed by atoms with van der Waals surface area (Å²) in [6, 6.07) is 7.33. The van der Waals surface area contributed by atoms with Gasteiger partial charge in [0.2, 0.25) is 5.91 Å². The van der Waals surface area contributed by atoms with Gasteiger partial charge in [0, 0.05) is 32.3 Å². The topological polar surface area (TPSA) is 74.8 Å². The van der Waals surface area contributed by atoms with Crippen LogP contribution in [0.1, 0.15) is 20.8 Å². The molecular weight excluding hydrogens is 280 g/mol. The number of guanidine groups is 1. The van der Waals surface area contributed by atoms with Crippen LogP contribution in [0.4, 0.5) is 5.69 Å². The molecule has 6 nitrogen and oxygen atoms in total. The molecule has 0 bridgehead atoms. The first-order chi connectivity index (χ1) is 10.5. The Morgan fingerprint density at radius 1 is 1.32 bits per heavy atom. The van der Waals surface area contributed by atoms with Crippen molar-refractivity contribution in [1.82, 2.24) is 10.6 Å². The largest absolute Gasteiger partial charge is 0.492 e. The molecule has 3 N–H and O–H groups in total. The number of nitrogens with one attached hydrogen (secondary N) is 3. The molecule has 0 saturated heterocycles. The van der Waals surface area contributed by atoms with Crippen LogP contribution in [-0.4, -0.2) is 38.6 Å². The Bertz CT molecular complexity index is 501. The minimum Gasteiger partial charge on any atom is -0.492 e. The molecule has 0 aliphatic carbocycles. The normalized spacial score (nSPS) is 11.2. The van der Waals surface area contributed by atoms with Crippen molar-refractivity contribution in [3.63, 3.8) is 0 Å². The van der Waals surface area contributed by atoms with Crippen LogP contribution in [0.2, 0.25) is 0 Å². The summed E-state index contributed by atoms with van der Waals surface area (Å²) < 4.78 is 5.65. The highest BCUT2D eigenvalue weighted by molar-refractivity contribution is 5.88. The van der Waals surface area contributed by atoms with E-state index in [1.165, 1.54) is 6.92 Å². The maximum absolute atomic E-state index is 11.0. The Hall–Kier alpha value is -2.24. The van der Waals surface area contributed by atoms with Crippen LogP contribution in [0, 0.1) is 5.92 Å². The molecule has 0 aliphatic heterocycles. The van der Waals surface area contributed by atoms with E-state index in [1.54, 1.807) is 13.1 Å². The van der Waals surface area contributed by atoms with Gasteiger partial charge in [0.25, 0.3) is 0 Å². The van der Waals surface area contributed by atoms with Gasteiger partial charge < -0.3 is 20.7 Å². The molecule has 0 aliphatic rings. The Labute approximate surface area is 132 Å². The van der Waals surface area contributed by atoms with Crippen molar-refractivity contribution in [2.24, 2.45) is 10.9 Å². The summed E-state index contributed by atoms with van der Waals surface area (Å²) in [6.07, 6.45) is 0. The fourth-order valence-electron chi connectivity index (χ4n) is 1.73. The van der Waals surface area contributed by atoms with Crippen LogP contribution in [0.5, 0.6) is 5.75 Å². The number of anilines is 1. The number of amides is 1. The zero-order valence-electron chi connectivity index (χ0n) is 13.8. The highest BCUT2D eigenvalue weighted by Crippen LogP contribution is 2.16. The van der Waals surface area contributed by atoms with E-state index in [0.29, 0.717) is 19.1 Å². The van der Waals surface area contributed by atoms with Gasteiger partial charge in [-0.25, -0.2) is 0 Å². The molecule has 0 fully saturated rings. The highest BCUT2D eigenvalue weighted by atomic mass is 16.5. The summed E-state index contributed by atoms with van der Waals surface area (Å²) in [6.45, 7) is 7.79. The van der Waals surface area contributed by atoms with Crippen LogP contribution in [0.25, 0.3) is 0 Å². The summed E-state index contributed by atoms with van der Waals surface area (Å²) in [7, 11) is 1.74. The molecule has 1 rings (SSSR count). The molecule has 1 aromatic carbocycles. The van der Waals surface area contributed by atoms with Crippen molar-refractivity contribution in [3.05, 3.63) is 24.3 Å². The maximum atomic E-state index is 11.0. The Morgan fingerprint density at radius 2 is 2.09 bits per heavy atom. The molecule has 0 spiro atoms. The molecule has 0 saturated carbocycles. The van der Waals surface area contributed by atoms with E-state index < -0.39 is 0 Å². The number of hydrogen-bond acceptors (Lipinski definition) is 3. The first kappa shape index (κ1) is 17.8. The number of aliphatic imine (C=N–C) groups is 1. The van der Waals surface area contributed by atoms with Crippen LogP contribution < -0.4 is 20.7 Å². The molecule has 22 heavy (non-hydrogen) atoms. The standard InChI is InChI=1S/C16H26N4O2/c1-12(2)11-19-16(17-4)18-8-9-22-15-7-5-6-14(10-15)20-13(3)21/h5-7,10,12H,8-9,11H2,1-4H3,(H,20,21)(H2,17,18,19). The molecule has 122 valence electrons. The van der Waals surface area contributed by atoms with Crippen molar-refractivity contribution in [2.75, 3.05) is 32.1 Å². The molecule has 0 heterocycles. The zero-order chi connectivity index (χ0) is 16.4. The lowest BCUT2D eigenvalue weighted by atomic mass is 10.2. The Kier molecular flexibility index (Phi) is 7.81. The number of benzene rings is 1. The van der Waals surface area contributed by atoms with Gasteiger partial charge in [0.05, 0.1) is 6.54 Å². The van der Waals surface area contributed by atoms with E-state index in [1.807, 2.05) is 18.2 Å². The minimum atomic E-state index is -0.0983. The highest BCUT2D eigenvalue weighted by Gasteiger charge is 2.01. The molecule has 0 aromatic heterocycles. The van der Waals surface area contributed by atoms with Gasteiger partial charge in [-0.05, 0) is 18.1 Å². The van der Waals surface area contributed by atoms with Gasteiger partial charge in [-0.3, -0.25) is 9.79 Å². The van der Waals surface area contributed by atoms with Crippen molar-refractivity contribution in [2.45, 2.75) is 20.8 Å². The van der Waals surface area contributed by atoms with E-state index in [4.69, 9.17) is 4.74 Å². The Morgan fingerprint density at radius 3 is 2.73 bits per heavy atom. The molecule has 0 unspecified atom stereocenters. The van der Waals surface area contributed by atoms with Gasteiger partial charge in [-0.1, -0.05) is 19.9 Å². The maximum Gasteiger partial charge on any atom is 0.221 e. The first-order valence-electron chi connectivity index (χ1n) is 7.46. The third-order valence-electron chi connectivity index (χ3n) is 2.72. The summed E-state index contributed by atoms with van der Waals surface area (Å²) in [5.74, 6) is 1.95. The number of rotatable bonds is 7. The average Bonchev–Trinajstić information content (AvgIpc) is 2.46. The lowest BCUT2D eigenvalue weighted by molar-refractivity contribution is -0.114. The molecule has 6 heteroatoms. The van der Waals surface area contributed by atoms with Gasteiger partial charge in [0.1, 0.15) is 12.4 Å². The third-order valence-corrected chi connectivity index (χ3v) is 2.72. The fourth-order valence-corrected chi connectivity index (χ4v) is 1.73. The molecule has 1 aromatic rings. The van der Waals surface area contributed by atoms with Crippen LogP contribution in [0.3, 0.4) is 0 Å².